The van der Waals surface area contributed by atoms with Crippen molar-refractivity contribution in [2.75, 3.05) is 0 Å². The summed E-state index contributed by atoms with van der Waals surface area (Å²) in [7, 11) is 0. The molecule has 2 rings (SSSR count). The molecule has 0 spiro atoms. The van der Waals surface area contributed by atoms with E-state index in [-0.39, 0.29) is 4.91 Å². The number of carboxylic acids is 1. The molecule has 0 saturated heterocycles. The Balaban J connectivity index is 2.57. The highest BCUT2D eigenvalue weighted by Gasteiger charge is 2.05. The van der Waals surface area contributed by atoms with Crippen LogP contribution in [0.2, 0.25) is 0 Å². The fraction of sp³-hybridized carbons (Fsp3) is 0. The highest BCUT2D eigenvalue weighted by atomic mass is 79.9. The zero-order chi connectivity index (χ0) is 11.7. The number of benzene rings is 1. The van der Waals surface area contributed by atoms with Gasteiger partial charge in [0.15, 0.2) is 0 Å². The van der Waals surface area contributed by atoms with Crippen LogP contribution in [0.3, 0.4) is 0 Å². The minimum atomic E-state index is -1.03. The Kier molecular flexibility index (Phi) is 3.07. The van der Waals surface area contributed by atoms with Crippen molar-refractivity contribution in [3.63, 3.8) is 0 Å². The molecule has 0 amide bonds. The Morgan fingerprint density at radius 2 is 2.25 bits per heavy atom. The lowest BCUT2D eigenvalue weighted by atomic mass is 10.1. The highest BCUT2D eigenvalue weighted by molar-refractivity contribution is 9.10. The van der Waals surface area contributed by atoms with Gasteiger partial charge in [0, 0.05) is 27.1 Å². The molecule has 5 heteroatoms. The molecular weight excluding hydrogens is 290 g/mol. The molecule has 0 radical (unpaired) electrons. The van der Waals surface area contributed by atoms with E-state index in [1.165, 1.54) is 6.08 Å². The molecule has 0 aliphatic heterocycles. The van der Waals surface area contributed by atoms with Gasteiger partial charge >= 0.3 is 5.97 Å². The van der Waals surface area contributed by atoms with Crippen LogP contribution in [-0.4, -0.2) is 16.1 Å². The van der Waals surface area contributed by atoms with Gasteiger partial charge in [-0.2, -0.15) is 0 Å². The standard InChI is InChI=1S/C11H8BrNO2S/c12-7-1-2-9-8(4-7)6(5-13-9)3-10(16)11(14)15/h1-5,13,16H,(H,14,15)/b10-3-. The van der Waals surface area contributed by atoms with Crippen molar-refractivity contribution < 1.29 is 9.90 Å². The van der Waals surface area contributed by atoms with Crippen LogP contribution >= 0.6 is 28.6 Å². The summed E-state index contributed by atoms with van der Waals surface area (Å²) in [5.41, 5.74) is 1.77. The number of rotatable bonds is 2. The Morgan fingerprint density at radius 1 is 1.50 bits per heavy atom. The van der Waals surface area contributed by atoms with E-state index in [9.17, 15) is 4.79 Å². The first kappa shape index (κ1) is 11.3. The van der Waals surface area contributed by atoms with Crippen molar-refractivity contribution in [2.24, 2.45) is 0 Å². The number of aromatic nitrogens is 1. The summed E-state index contributed by atoms with van der Waals surface area (Å²) < 4.78 is 0.949. The number of fused-ring (bicyclic) bond motifs is 1. The molecule has 1 aromatic heterocycles. The predicted molar refractivity (Wildman–Crippen MR) is 70.6 cm³/mol. The van der Waals surface area contributed by atoms with Crippen LogP contribution < -0.4 is 0 Å². The van der Waals surface area contributed by atoms with Crippen LogP contribution in [0.1, 0.15) is 5.56 Å². The molecule has 16 heavy (non-hydrogen) atoms. The predicted octanol–water partition coefficient (Wildman–Crippen LogP) is 3.29. The molecule has 0 unspecified atom stereocenters. The monoisotopic (exact) mass is 297 g/mol. The average molecular weight is 298 g/mol. The third-order valence-corrected chi connectivity index (χ3v) is 3.00. The molecule has 1 heterocycles. The Labute approximate surface area is 106 Å². The summed E-state index contributed by atoms with van der Waals surface area (Å²) in [6.45, 7) is 0. The van der Waals surface area contributed by atoms with Crippen molar-refractivity contribution in [2.45, 2.75) is 0 Å². The molecule has 0 aliphatic rings. The molecule has 0 atom stereocenters. The first-order valence-electron chi connectivity index (χ1n) is 4.48. The quantitative estimate of drug-likeness (QED) is 0.588. The maximum Gasteiger partial charge on any atom is 0.341 e. The first-order valence-corrected chi connectivity index (χ1v) is 5.72. The Hall–Kier alpha value is -1.20. The maximum atomic E-state index is 10.7. The molecule has 0 aliphatic carbocycles. The topological polar surface area (TPSA) is 53.1 Å². The molecule has 0 bridgehead atoms. The number of hydrogen-bond acceptors (Lipinski definition) is 2. The smallest absolute Gasteiger partial charge is 0.341 e. The highest BCUT2D eigenvalue weighted by Crippen LogP contribution is 2.24. The third kappa shape index (κ3) is 2.15. The molecule has 2 N–H and O–H groups in total. The minimum absolute atomic E-state index is 0.0147. The van der Waals surface area contributed by atoms with Crippen LogP contribution in [0.15, 0.2) is 33.8 Å². The van der Waals surface area contributed by atoms with E-state index < -0.39 is 5.97 Å². The van der Waals surface area contributed by atoms with Gasteiger partial charge in [0.25, 0.3) is 0 Å². The third-order valence-electron chi connectivity index (χ3n) is 2.19. The van der Waals surface area contributed by atoms with Crippen molar-refractivity contribution in [1.82, 2.24) is 4.98 Å². The summed E-state index contributed by atoms with van der Waals surface area (Å²) in [6.07, 6.45) is 3.28. The van der Waals surface area contributed by atoms with Crippen molar-refractivity contribution in [3.8, 4) is 0 Å². The van der Waals surface area contributed by atoms with Crippen LogP contribution in [-0.2, 0) is 4.79 Å². The van der Waals surface area contributed by atoms with Crippen LogP contribution in [0.5, 0.6) is 0 Å². The van der Waals surface area contributed by atoms with Crippen molar-refractivity contribution >= 4 is 51.5 Å². The van der Waals surface area contributed by atoms with E-state index in [4.69, 9.17) is 5.11 Å². The van der Waals surface area contributed by atoms with Gasteiger partial charge in [-0.25, -0.2) is 4.79 Å². The number of carboxylic acid groups (broad SMARTS) is 1. The summed E-state index contributed by atoms with van der Waals surface area (Å²) in [5.74, 6) is -1.03. The Bertz CT molecular complexity index is 589. The number of carbonyl (C=O) groups is 1. The fourth-order valence-electron chi connectivity index (χ4n) is 1.44. The van der Waals surface area contributed by atoms with Gasteiger partial charge in [-0.3, -0.25) is 0 Å². The van der Waals surface area contributed by atoms with E-state index in [2.05, 4.69) is 33.5 Å². The number of hydrogen-bond donors (Lipinski definition) is 3. The van der Waals surface area contributed by atoms with Gasteiger partial charge in [-0.1, -0.05) is 15.9 Å². The van der Waals surface area contributed by atoms with E-state index in [1.54, 1.807) is 6.20 Å². The van der Waals surface area contributed by atoms with Crippen LogP contribution in [0.4, 0.5) is 0 Å². The molecule has 0 fully saturated rings. The Morgan fingerprint density at radius 3 is 2.94 bits per heavy atom. The zero-order valence-corrected chi connectivity index (χ0v) is 10.5. The van der Waals surface area contributed by atoms with Crippen LogP contribution in [0, 0.1) is 0 Å². The zero-order valence-electron chi connectivity index (χ0n) is 8.07. The number of nitrogens with one attached hydrogen (secondary N) is 1. The van der Waals surface area contributed by atoms with Gasteiger partial charge in [-0.05, 0) is 24.3 Å². The van der Waals surface area contributed by atoms with Crippen LogP contribution in [0.25, 0.3) is 17.0 Å². The summed E-state index contributed by atoms with van der Waals surface area (Å²) >= 11 is 7.28. The minimum Gasteiger partial charge on any atom is -0.477 e. The van der Waals surface area contributed by atoms with E-state index in [0.29, 0.717) is 0 Å². The average Bonchev–Trinajstić information content (AvgIpc) is 2.61. The summed E-state index contributed by atoms with van der Waals surface area (Å²) in [5, 5.41) is 9.70. The molecule has 82 valence electrons. The number of H-pyrrole nitrogens is 1. The van der Waals surface area contributed by atoms with E-state index in [1.807, 2.05) is 18.2 Å². The first-order chi connectivity index (χ1) is 7.58. The van der Waals surface area contributed by atoms with E-state index in [0.717, 1.165) is 20.9 Å². The lowest BCUT2D eigenvalue weighted by Gasteiger charge is -1.95. The number of halogens is 1. The number of aromatic amines is 1. The number of aliphatic carboxylic acids is 1. The second-order valence-electron chi connectivity index (χ2n) is 3.27. The largest absolute Gasteiger partial charge is 0.477 e. The lowest BCUT2D eigenvalue weighted by molar-refractivity contribution is -0.131. The van der Waals surface area contributed by atoms with Gasteiger partial charge in [0.1, 0.15) is 0 Å². The van der Waals surface area contributed by atoms with Crippen molar-refractivity contribution in [3.05, 3.63) is 39.3 Å². The van der Waals surface area contributed by atoms with E-state index >= 15 is 0 Å². The lowest BCUT2D eigenvalue weighted by Crippen LogP contribution is -1.92. The van der Waals surface area contributed by atoms with Gasteiger partial charge in [0.2, 0.25) is 0 Å². The van der Waals surface area contributed by atoms with Gasteiger partial charge in [-0.15, -0.1) is 12.6 Å². The molecule has 1 aromatic carbocycles. The second kappa shape index (κ2) is 4.35. The normalized spacial score (nSPS) is 12.0. The molecule has 2 aromatic rings. The van der Waals surface area contributed by atoms with Gasteiger partial charge in [0.05, 0.1) is 4.91 Å². The second-order valence-corrected chi connectivity index (χ2v) is 4.67. The molecule has 0 saturated carbocycles. The summed E-state index contributed by atoms with van der Waals surface area (Å²) in [4.78, 5) is 13.7. The molecular formula is C11H8BrNO2S. The molecule has 3 nitrogen and oxygen atoms in total. The summed E-state index contributed by atoms with van der Waals surface area (Å²) in [6, 6.07) is 5.78. The fourth-order valence-corrected chi connectivity index (χ4v) is 1.94. The van der Waals surface area contributed by atoms with Crippen molar-refractivity contribution in [1.29, 1.82) is 0 Å². The van der Waals surface area contributed by atoms with Gasteiger partial charge < -0.3 is 10.1 Å². The maximum absolute atomic E-state index is 10.7. The SMILES string of the molecule is O=C(O)/C(S)=C/c1c[nH]c2ccc(Br)cc12. The number of thiol groups is 1.